The van der Waals surface area contributed by atoms with Gasteiger partial charge < -0.3 is 15.8 Å². The van der Waals surface area contributed by atoms with E-state index in [1.807, 2.05) is 7.05 Å². The number of hydrogen-bond acceptors (Lipinski definition) is 3. The molecule has 0 spiro atoms. The molecule has 0 unspecified atom stereocenters. The molecular formula is C18H34N2O. The van der Waals surface area contributed by atoms with Crippen LogP contribution in [0.5, 0.6) is 0 Å². The first-order valence-corrected chi connectivity index (χ1v) is 8.00. The molecule has 0 aromatic heterocycles. The number of nitrogens with one attached hydrogen (secondary N) is 1. The summed E-state index contributed by atoms with van der Waals surface area (Å²) in [7, 11) is 1.93. The highest BCUT2D eigenvalue weighted by molar-refractivity contribution is 5.38. The average molecular weight is 294 g/mol. The molecule has 0 aromatic rings. The van der Waals surface area contributed by atoms with Gasteiger partial charge in [-0.05, 0) is 55.5 Å². The highest BCUT2D eigenvalue weighted by atomic mass is 16.5. The Bertz CT molecular complexity index is 390. The lowest BCUT2D eigenvalue weighted by Crippen LogP contribution is -2.15. The summed E-state index contributed by atoms with van der Waals surface area (Å²) in [6.07, 6.45) is 5.16. The summed E-state index contributed by atoms with van der Waals surface area (Å²) >= 11 is 0. The molecule has 21 heavy (non-hydrogen) atoms. The summed E-state index contributed by atoms with van der Waals surface area (Å²) in [5.41, 5.74) is 9.68. The molecule has 0 aliphatic heterocycles. The van der Waals surface area contributed by atoms with Gasteiger partial charge in [0.1, 0.15) is 12.4 Å². The predicted octanol–water partition coefficient (Wildman–Crippen LogP) is 3.99. The number of allylic oxidation sites excluding steroid dienone is 4. The number of nitrogens with two attached hydrogens (primary N) is 1. The first kappa shape index (κ1) is 19.8. The van der Waals surface area contributed by atoms with E-state index in [0.29, 0.717) is 18.4 Å². The van der Waals surface area contributed by atoms with Crippen LogP contribution in [0.2, 0.25) is 0 Å². The molecule has 0 saturated heterocycles. The molecule has 3 nitrogen and oxygen atoms in total. The maximum absolute atomic E-state index is 6.38. The van der Waals surface area contributed by atoms with Crippen molar-refractivity contribution >= 4 is 0 Å². The SMILES string of the molecule is CC/C=C(/C=C(\C(N)=C(/C)C(C)C)C(C)C)OCCNC. The van der Waals surface area contributed by atoms with Crippen LogP contribution in [0.15, 0.2) is 34.8 Å². The van der Waals surface area contributed by atoms with Crippen LogP contribution in [0.25, 0.3) is 0 Å². The second-order valence-corrected chi connectivity index (χ2v) is 5.97. The van der Waals surface area contributed by atoms with Crippen LogP contribution < -0.4 is 11.1 Å². The Morgan fingerprint density at radius 1 is 1.19 bits per heavy atom. The Labute approximate surface area is 131 Å². The molecule has 0 aliphatic carbocycles. The number of likely N-dealkylation sites (N-methyl/N-ethyl adjacent to an activating group) is 1. The summed E-state index contributed by atoms with van der Waals surface area (Å²) in [4.78, 5) is 0. The zero-order chi connectivity index (χ0) is 16.4. The Balaban J connectivity index is 5.40. The summed E-state index contributed by atoms with van der Waals surface area (Å²) in [5.74, 6) is 1.73. The van der Waals surface area contributed by atoms with Crippen molar-refractivity contribution in [2.75, 3.05) is 20.2 Å². The quantitative estimate of drug-likeness (QED) is 0.384. The van der Waals surface area contributed by atoms with Crippen molar-refractivity contribution in [3.8, 4) is 0 Å². The zero-order valence-corrected chi connectivity index (χ0v) is 14.9. The first-order valence-electron chi connectivity index (χ1n) is 8.00. The van der Waals surface area contributed by atoms with Crippen molar-refractivity contribution in [2.24, 2.45) is 17.6 Å². The van der Waals surface area contributed by atoms with Crippen LogP contribution in [0.1, 0.15) is 48.0 Å². The molecule has 0 amide bonds. The predicted molar refractivity (Wildman–Crippen MR) is 92.9 cm³/mol. The van der Waals surface area contributed by atoms with Crippen LogP contribution in [0, 0.1) is 11.8 Å². The molecular weight excluding hydrogens is 260 g/mol. The van der Waals surface area contributed by atoms with Gasteiger partial charge in [0, 0.05) is 12.2 Å². The van der Waals surface area contributed by atoms with E-state index in [-0.39, 0.29) is 0 Å². The lowest BCUT2D eigenvalue weighted by molar-refractivity contribution is 0.225. The van der Waals surface area contributed by atoms with Gasteiger partial charge in [-0.2, -0.15) is 0 Å². The van der Waals surface area contributed by atoms with Crippen molar-refractivity contribution in [3.05, 3.63) is 34.8 Å². The minimum Gasteiger partial charge on any atom is -0.493 e. The minimum atomic E-state index is 0.367. The third-order valence-electron chi connectivity index (χ3n) is 3.55. The fourth-order valence-corrected chi connectivity index (χ4v) is 1.88. The van der Waals surface area contributed by atoms with E-state index >= 15 is 0 Å². The summed E-state index contributed by atoms with van der Waals surface area (Å²) in [6.45, 7) is 14.4. The molecule has 0 saturated carbocycles. The Kier molecular flexibility index (Phi) is 9.89. The Hall–Kier alpha value is -1.22. The average Bonchev–Trinajstić information content (AvgIpc) is 2.42. The van der Waals surface area contributed by atoms with Crippen molar-refractivity contribution in [1.82, 2.24) is 5.32 Å². The number of hydrogen-bond donors (Lipinski definition) is 2. The van der Waals surface area contributed by atoms with E-state index in [1.54, 1.807) is 0 Å². The third-order valence-corrected chi connectivity index (χ3v) is 3.55. The second kappa shape index (κ2) is 10.5. The smallest absolute Gasteiger partial charge is 0.115 e. The van der Waals surface area contributed by atoms with Gasteiger partial charge >= 0.3 is 0 Å². The van der Waals surface area contributed by atoms with Crippen molar-refractivity contribution < 1.29 is 4.74 Å². The van der Waals surface area contributed by atoms with Crippen LogP contribution >= 0.6 is 0 Å². The van der Waals surface area contributed by atoms with E-state index in [0.717, 1.165) is 30.0 Å². The molecule has 3 N–H and O–H groups in total. The summed E-state index contributed by atoms with van der Waals surface area (Å²) < 4.78 is 5.84. The van der Waals surface area contributed by atoms with Gasteiger partial charge in [0.05, 0.1) is 0 Å². The summed E-state index contributed by atoms with van der Waals surface area (Å²) in [5, 5.41) is 3.09. The summed E-state index contributed by atoms with van der Waals surface area (Å²) in [6, 6.07) is 0. The van der Waals surface area contributed by atoms with E-state index in [9.17, 15) is 0 Å². The monoisotopic (exact) mass is 294 g/mol. The van der Waals surface area contributed by atoms with Gasteiger partial charge in [-0.1, -0.05) is 34.6 Å². The number of rotatable bonds is 9. The van der Waals surface area contributed by atoms with Crippen molar-refractivity contribution in [3.63, 3.8) is 0 Å². The molecule has 0 rings (SSSR count). The van der Waals surface area contributed by atoms with Gasteiger partial charge in [-0.25, -0.2) is 0 Å². The number of ether oxygens (including phenoxy) is 1. The normalized spacial score (nSPS) is 14.7. The van der Waals surface area contributed by atoms with Crippen molar-refractivity contribution in [1.29, 1.82) is 0 Å². The molecule has 0 radical (unpaired) electrons. The lowest BCUT2D eigenvalue weighted by Gasteiger charge is -2.18. The van der Waals surface area contributed by atoms with Gasteiger partial charge in [-0.15, -0.1) is 0 Å². The Morgan fingerprint density at radius 3 is 2.24 bits per heavy atom. The highest BCUT2D eigenvalue weighted by Crippen LogP contribution is 2.24. The van der Waals surface area contributed by atoms with E-state index in [2.05, 4.69) is 59.0 Å². The first-order chi connectivity index (χ1) is 9.84. The van der Waals surface area contributed by atoms with E-state index in [4.69, 9.17) is 10.5 Å². The maximum atomic E-state index is 6.38. The zero-order valence-electron chi connectivity index (χ0n) is 14.9. The second-order valence-electron chi connectivity index (χ2n) is 5.97. The Morgan fingerprint density at radius 2 is 1.81 bits per heavy atom. The van der Waals surface area contributed by atoms with Crippen LogP contribution in [0.4, 0.5) is 0 Å². The largest absolute Gasteiger partial charge is 0.493 e. The van der Waals surface area contributed by atoms with E-state index in [1.165, 1.54) is 5.57 Å². The third kappa shape index (κ3) is 7.37. The highest BCUT2D eigenvalue weighted by Gasteiger charge is 2.12. The minimum absolute atomic E-state index is 0.367. The molecule has 0 atom stereocenters. The van der Waals surface area contributed by atoms with Gasteiger partial charge in [-0.3, -0.25) is 0 Å². The molecule has 122 valence electrons. The molecule has 0 aliphatic rings. The van der Waals surface area contributed by atoms with Gasteiger partial charge in [0.15, 0.2) is 0 Å². The molecule has 0 fully saturated rings. The fourth-order valence-electron chi connectivity index (χ4n) is 1.88. The van der Waals surface area contributed by atoms with Gasteiger partial charge in [0.25, 0.3) is 0 Å². The van der Waals surface area contributed by atoms with Gasteiger partial charge in [0.2, 0.25) is 0 Å². The van der Waals surface area contributed by atoms with Crippen LogP contribution in [-0.2, 0) is 4.74 Å². The lowest BCUT2D eigenvalue weighted by atomic mass is 9.92. The molecule has 0 aromatic carbocycles. The molecule has 3 heteroatoms. The van der Waals surface area contributed by atoms with E-state index < -0.39 is 0 Å². The fraction of sp³-hybridized carbons (Fsp3) is 0.667. The molecule has 0 bridgehead atoms. The maximum Gasteiger partial charge on any atom is 0.115 e. The molecule has 0 heterocycles. The van der Waals surface area contributed by atoms with Crippen molar-refractivity contribution in [2.45, 2.75) is 48.0 Å². The van der Waals surface area contributed by atoms with Crippen LogP contribution in [0.3, 0.4) is 0 Å². The van der Waals surface area contributed by atoms with Crippen LogP contribution in [-0.4, -0.2) is 20.2 Å². The standard InChI is InChI=1S/C18H34N2O/c1-8-9-16(21-11-10-20-7)12-17(14(4)5)18(19)15(6)13(2)3/h9,12-14,20H,8,10-11,19H2,1-7H3/b16-9-,17-12-,18-15-. The topological polar surface area (TPSA) is 47.3 Å².